The molecule has 1 rings (SSSR count). The van der Waals surface area contributed by atoms with Crippen molar-refractivity contribution >= 4 is 5.94 Å². The molecule has 0 aromatic rings. The van der Waals surface area contributed by atoms with Gasteiger partial charge in [0.25, 0.3) is 0 Å². The highest BCUT2D eigenvalue weighted by Crippen LogP contribution is 2.14. The highest BCUT2D eigenvalue weighted by molar-refractivity contribution is 5.63. The maximum Gasteiger partial charge on any atom is 0.128 e. The third-order valence-corrected chi connectivity index (χ3v) is 1.21. The molecule has 2 radical (unpaired) electrons. The average molecular weight is 118 g/mol. The molecule has 9 heavy (non-hydrogen) atoms. The molecule has 1 aliphatic carbocycles. The van der Waals surface area contributed by atoms with Crippen LogP contribution in [0.4, 0.5) is 0 Å². The van der Waals surface area contributed by atoms with Crippen LogP contribution in [0, 0.1) is 6.92 Å². The zero-order chi connectivity index (χ0) is 6.69. The Kier molecular flexibility index (Phi) is 1.66. The van der Waals surface area contributed by atoms with Crippen LogP contribution in [0.3, 0.4) is 0 Å². The number of hydrogen-bond acceptors (Lipinski definition) is 1. The first kappa shape index (κ1) is 6.06. The van der Waals surface area contributed by atoms with Crippen LogP contribution in [0.1, 0.15) is 6.42 Å². The summed E-state index contributed by atoms with van der Waals surface area (Å²) in [5, 5.41) is 0. The highest BCUT2D eigenvalue weighted by atomic mass is 16.1. The molecule has 0 atom stereocenters. The molecule has 1 nitrogen and oxygen atoms in total. The third kappa shape index (κ3) is 1.18. The molecule has 0 amide bonds. The minimum absolute atomic E-state index is 0.535. The quantitative estimate of drug-likeness (QED) is 0.439. The van der Waals surface area contributed by atoms with Gasteiger partial charge in [-0.25, -0.2) is 4.79 Å². The van der Waals surface area contributed by atoms with Crippen LogP contribution >= 0.6 is 0 Å². The Morgan fingerprint density at radius 3 is 2.89 bits per heavy atom. The van der Waals surface area contributed by atoms with Gasteiger partial charge >= 0.3 is 0 Å². The van der Waals surface area contributed by atoms with Crippen molar-refractivity contribution in [3.63, 3.8) is 0 Å². The van der Waals surface area contributed by atoms with Gasteiger partial charge in [-0.3, -0.25) is 0 Å². The van der Waals surface area contributed by atoms with Crippen molar-refractivity contribution in [3.05, 3.63) is 36.3 Å². The van der Waals surface area contributed by atoms with Crippen LogP contribution in [-0.4, -0.2) is 5.94 Å². The second-order valence-corrected chi connectivity index (χ2v) is 1.83. The number of hydrogen-bond donors (Lipinski definition) is 0. The van der Waals surface area contributed by atoms with E-state index in [1.165, 1.54) is 0 Å². The summed E-state index contributed by atoms with van der Waals surface area (Å²) in [7, 11) is 0. The van der Waals surface area contributed by atoms with Crippen LogP contribution in [0.15, 0.2) is 29.4 Å². The molecular weight excluding hydrogens is 112 g/mol. The van der Waals surface area contributed by atoms with E-state index in [4.69, 9.17) is 6.92 Å². The molecule has 1 heteroatoms. The molecule has 0 saturated carbocycles. The molecule has 0 spiro atoms. The minimum atomic E-state index is 0.535. The largest absolute Gasteiger partial charge is 0.233 e. The van der Waals surface area contributed by atoms with E-state index in [2.05, 4.69) is 0 Å². The van der Waals surface area contributed by atoms with Gasteiger partial charge in [-0.2, -0.15) is 0 Å². The fourth-order valence-electron chi connectivity index (χ4n) is 0.677. The first-order valence-corrected chi connectivity index (χ1v) is 2.71. The zero-order valence-corrected chi connectivity index (χ0v) is 4.92. The maximum atomic E-state index is 10.1. The molecule has 0 fully saturated rings. The lowest BCUT2D eigenvalue weighted by Gasteiger charge is -2.01. The number of allylic oxidation sites excluding steroid dienone is 5. The molecule has 0 aromatic heterocycles. The van der Waals surface area contributed by atoms with E-state index >= 15 is 0 Å². The summed E-state index contributed by atoms with van der Waals surface area (Å²) in [6, 6.07) is 0. The molecule has 1 aliphatic rings. The van der Waals surface area contributed by atoms with Crippen LogP contribution < -0.4 is 0 Å². The molecule has 44 valence electrons. The Hall–Kier alpha value is -1.07. The Morgan fingerprint density at radius 2 is 2.44 bits per heavy atom. The van der Waals surface area contributed by atoms with E-state index in [-0.39, 0.29) is 0 Å². The van der Waals surface area contributed by atoms with Gasteiger partial charge in [0, 0.05) is 12.0 Å². The predicted octanol–water partition coefficient (Wildman–Crippen LogP) is 1.34. The van der Waals surface area contributed by atoms with Crippen molar-refractivity contribution in [1.29, 1.82) is 0 Å². The lowest BCUT2D eigenvalue weighted by atomic mass is 10.0. The molecule has 0 N–H and O–H groups in total. The first-order chi connectivity index (χ1) is 4.34. The van der Waals surface area contributed by atoms with E-state index in [1.807, 2.05) is 12.2 Å². The Bertz CT molecular complexity index is 215. The molecule has 0 bridgehead atoms. The Labute approximate surface area is 54.4 Å². The van der Waals surface area contributed by atoms with Gasteiger partial charge in [-0.15, -0.1) is 0 Å². The monoisotopic (exact) mass is 118 g/mol. The van der Waals surface area contributed by atoms with E-state index in [0.717, 1.165) is 0 Å². The van der Waals surface area contributed by atoms with Crippen molar-refractivity contribution < 1.29 is 4.79 Å². The fraction of sp³-hybridized carbons (Fsp3) is 0.125. The van der Waals surface area contributed by atoms with E-state index in [0.29, 0.717) is 17.6 Å². The van der Waals surface area contributed by atoms with Crippen molar-refractivity contribution in [2.75, 3.05) is 0 Å². The lowest BCUT2D eigenvalue weighted by Crippen LogP contribution is -1.88. The van der Waals surface area contributed by atoms with Crippen LogP contribution in [-0.2, 0) is 4.79 Å². The molecule has 0 saturated heterocycles. The average Bonchev–Trinajstić information content (AvgIpc) is 1.89. The van der Waals surface area contributed by atoms with Gasteiger partial charge in [0.1, 0.15) is 5.94 Å². The molecule has 0 unspecified atom stereocenters. The maximum absolute atomic E-state index is 10.1. The summed E-state index contributed by atoms with van der Waals surface area (Å²) >= 11 is 0. The SMILES string of the molecule is [CH]C1=CC=CCC1=C=O. The van der Waals surface area contributed by atoms with Gasteiger partial charge in [0.15, 0.2) is 0 Å². The minimum Gasteiger partial charge on any atom is -0.233 e. The van der Waals surface area contributed by atoms with Crippen LogP contribution in [0.25, 0.3) is 0 Å². The van der Waals surface area contributed by atoms with Gasteiger partial charge in [-0.05, 0) is 12.5 Å². The summed E-state index contributed by atoms with van der Waals surface area (Å²) in [5.41, 5.74) is 1.09. The number of rotatable bonds is 0. The molecule has 0 heterocycles. The lowest BCUT2D eigenvalue weighted by molar-refractivity contribution is 0.567. The highest BCUT2D eigenvalue weighted by Gasteiger charge is 2.00. The molecule has 0 aromatic carbocycles. The summed E-state index contributed by atoms with van der Waals surface area (Å²) in [6.45, 7) is 5.40. The summed E-state index contributed by atoms with van der Waals surface area (Å²) < 4.78 is 0. The fourth-order valence-corrected chi connectivity index (χ4v) is 0.677. The second kappa shape index (κ2) is 2.47. The van der Waals surface area contributed by atoms with Crippen LogP contribution in [0.2, 0.25) is 0 Å². The van der Waals surface area contributed by atoms with Gasteiger partial charge < -0.3 is 0 Å². The predicted molar refractivity (Wildman–Crippen MR) is 35.3 cm³/mol. The topological polar surface area (TPSA) is 17.1 Å². The van der Waals surface area contributed by atoms with Crippen molar-refractivity contribution in [3.8, 4) is 0 Å². The van der Waals surface area contributed by atoms with Crippen molar-refractivity contribution in [2.24, 2.45) is 0 Å². The normalized spacial score (nSPS) is 17.0. The zero-order valence-electron chi connectivity index (χ0n) is 4.92. The van der Waals surface area contributed by atoms with Crippen molar-refractivity contribution in [1.82, 2.24) is 0 Å². The Morgan fingerprint density at radius 1 is 1.67 bits per heavy atom. The molecule has 0 aliphatic heterocycles. The summed E-state index contributed by atoms with van der Waals surface area (Å²) in [4.78, 5) is 10.1. The van der Waals surface area contributed by atoms with Crippen LogP contribution in [0.5, 0.6) is 0 Å². The smallest absolute Gasteiger partial charge is 0.128 e. The van der Waals surface area contributed by atoms with E-state index < -0.39 is 0 Å². The molecular formula is C8H6O. The summed E-state index contributed by atoms with van der Waals surface area (Å²) in [5.74, 6) is 1.78. The van der Waals surface area contributed by atoms with Crippen molar-refractivity contribution in [2.45, 2.75) is 6.42 Å². The van der Waals surface area contributed by atoms with Gasteiger partial charge in [-0.1, -0.05) is 18.2 Å². The number of carbonyl (C=O) groups excluding carboxylic acids is 1. The summed E-state index contributed by atoms with van der Waals surface area (Å²) in [6.07, 6.45) is 6.02. The van der Waals surface area contributed by atoms with Gasteiger partial charge in [0.05, 0.1) is 0 Å². The Balaban J connectivity index is 2.96. The first-order valence-electron chi connectivity index (χ1n) is 2.71. The van der Waals surface area contributed by atoms with E-state index in [1.54, 1.807) is 12.0 Å². The van der Waals surface area contributed by atoms with Gasteiger partial charge in [0.2, 0.25) is 0 Å². The standard InChI is InChI=1S/C8H6O/c1-7-4-2-3-5-8(7)6-9/h1-4H,5H2. The second-order valence-electron chi connectivity index (χ2n) is 1.83. The van der Waals surface area contributed by atoms with E-state index in [9.17, 15) is 4.79 Å². The third-order valence-electron chi connectivity index (χ3n) is 1.21.